The first-order valence-electron chi connectivity index (χ1n) is 11.1. The van der Waals surface area contributed by atoms with Crippen molar-refractivity contribution in [3.8, 4) is 5.75 Å². The molecule has 4 rings (SSSR count). The Bertz CT molecular complexity index is 1360. The second-order valence-corrected chi connectivity index (χ2v) is 9.03. The van der Waals surface area contributed by atoms with Crippen LogP contribution in [0.4, 0.5) is 0 Å². The van der Waals surface area contributed by atoms with Gasteiger partial charge in [-0.3, -0.25) is 4.79 Å². The Morgan fingerprint density at radius 3 is 2.39 bits per heavy atom. The Kier molecular flexibility index (Phi) is 8.25. The summed E-state index contributed by atoms with van der Waals surface area (Å²) in [5, 5.41) is 11.5. The van der Waals surface area contributed by atoms with E-state index in [1.54, 1.807) is 55.5 Å². The second-order valence-electron chi connectivity index (χ2n) is 7.59. The van der Waals surface area contributed by atoms with Crippen LogP contribution in [0.1, 0.15) is 28.4 Å². The van der Waals surface area contributed by atoms with Gasteiger partial charge in [-0.2, -0.15) is 0 Å². The van der Waals surface area contributed by atoms with Crippen molar-refractivity contribution in [2.24, 2.45) is 4.99 Å². The summed E-state index contributed by atoms with van der Waals surface area (Å²) in [6, 6.07) is 23.2. The molecule has 0 unspecified atom stereocenters. The molecule has 0 saturated carbocycles. The number of aliphatic hydroxyl groups excluding tert-OH is 1. The van der Waals surface area contributed by atoms with Crippen LogP contribution in [0.25, 0.3) is 6.08 Å². The van der Waals surface area contributed by atoms with Gasteiger partial charge in [-0.05, 0) is 48.9 Å². The summed E-state index contributed by atoms with van der Waals surface area (Å²) in [7, 11) is 0. The third kappa shape index (κ3) is 6.05. The van der Waals surface area contributed by atoms with Gasteiger partial charge in [0.2, 0.25) is 0 Å². The maximum atomic E-state index is 12.6. The average molecular weight is 520 g/mol. The van der Waals surface area contributed by atoms with E-state index in [2.05, 4.69) is 4.99 Å². The molecule has 8 heteroatoms. The number of hydrogen-bond donors (Lipinski definition) is 1. The molecule has 182 valence electrons. The van der Waals surface area contributed by atoms with Crippen molar-refractivity contribution < 1.29 is 24.2 Å². The minimum absolute atomic E-state index is 0.0887. The van der Waals surface area contributed by atoms with Gasteiger partial charge in [0.1, 0.15) is 28.7 Å². The zero-order valence-electron chi connectivity index (χ0n) is 19.3. The number of esters is 1. The van der Waals surface area contributed by atoms with E-state index in [9.17, 15) is 14.7 Å². The number of rotatable bonds is 7. The molecule has 0 fully saturated rings. The largest absolute Gasteiger partial charge is 0.506 e. The predicted molar refractivity (Wildman–Crippen MR) is 142 cm³/mol. The molecule has 0 aromatic heterocycles. The van der Waals surface area contributed by atoms with Crippen LogP contribution < -0.4 is 4.74 Å². The van der Waals surface area contributed by atoms with E-state index in [1.165, 1.54) is 0 Å². The first kappa shape index (κ1) is 25.3. The van der Waals surface area contributed by atoms with Gasteiger partial charge in [0.05, 0.1) is 11.5 Å². The van der Waals surface area contributed by atoms with Crippen molar-refractivity contribution in [1.29, 1.82) is 0 Å². The van der Waals surface area contributed by atoms with Crippen LogP contribution in [0.3, 0.4) is 0 Å². The van der Waals surface area contributed by atoms with Crippen molar-refractivity contribution in [1.82, 2.24) is 0 Å². The number of aliphatic imine (C=N–C) groups is 1. The first-order chi connectivity index (χ1) is 17.5. The van der Waals surface area contributed by atoms with Crippen LogP contribution in [0, 0.1) is 0 Å². The van der Waals surface area contributed by atoms with Crippen molar-refractivity contribution in [3.05, 3.63) is 117 Å². The van der Waals surface area contributed by atoms with Crippen LogP contribution >= 0.6 is 23.4 Å². The molecule has 3 aromatic rings. The molecule has 1 amide bonds. The van der Waals surface area contributed by atoms with Crippen LogP contribution in [-0.2, 0) is 16.1 Å². The number of aliphatic hydroxyl groups is 1. The highest BCUT2D eigenvalue weighted by molar-refractivity contribution is 8.18. The summed E-state index contributed by atoms with van der Waals surface area (Å²) in [4.78, 5) is 29.6. The number of carbonyl (C=O) groups excluding carboxylic acids is 2. The minimum Gasteiger partial charge on any atom is -0.506 e. The van der Waals surface area contributed by atoms with E-state index in [4.69, 9.17) is 21.1 Å². The lowest BCUT2D eigenvalue weighted by atomic mass is 10.1. The van der Waals surface area contributed by atoms with E-state index in [0.717, 1.165) is 22.9 Å². The van der Waals surface area contributed by atoms with Gasteiger partial charge < -0.3 is 14.6 Å². The molecule has 1 N–H and O–H groups in total. The Hall–Kier alpha value is -3.81. The van der Waals surface area contributed by atoms with E-state index in [1.807, 2.05) is 36.4 Å². The quantitative estimate of drug-likeness (QED) is 0.353. The second kappa shape index (κ2) is 11.7. The lowest BCUT2D eigenvalue weighted by Gasteiger charge is -2.08. The Morgan fingerprint density at radius 2 is 1.69 bits per heavy atom. The molecule has 0 bridgehead atoms. The summed E-state index contributed by atoms with van der Waals surface area (Å²) in [6.07, 6.45) is 1.70. The molecule has 0 aliphatic carbocycles. The zero-order chi connectivity index (χ0) is 25.5. The maximum Gasteiger partial charge on any atom is 0.344 e. The summed E-state index contributed by atoms with van der Waals surface area (Å²) in [5.74, 6) is -0.890. The fraction of sp³-hybridized carbons (Fsp3) is 0.107. The van der Waals surface area contributed by atoms with E-state index in [0.29, 0.717) is 27.8 Å². The number of hydrogen-bond acceptors (Lipinski definition) is 6. The average Bonchev–Trinajstić information content (AvgIpc) is 3.19. The number of nitrogens with zero attached hydrogens (tertiary/aromatic N) is 1. The minimum atomic E-state index is -0.742. The number of halogens is 1. The fourth-order valence-corrected chi connectivity index (χ4v) is 4.52. The van der Waals surface area contributed by atoms with Crippen molar-refractivity contribution in [2.75, 3.05) is 6.61 Å². The molecular formula is C28H22ClNO5S. The van der Waals surface area contributed by atoms with Crippen molar-refractivity contribution in [2.45, 2.75) is 13.5 Å². The van der Waals surface area contributed by atoms with Gasteiger partial charge in [-0.1, -0.05) is 71.9 Å². The van der Waals surface area contributed by atoms with Gasteiger partial charge in [0.15, 0.2) is 0 Å². The predicted octanol–water partition coefficient (Wildman–Crippen LogP) is 6.62. The molecule has 1 aliphatic heterocycles. The van der Waals surface area contributed by atoms with E-state index in [-0.39, 0.29) is 23.0 Å². The summed E-state index contributed by atoms with van der Waals surface area (Å²) in [5.41, 5.74) is 1.88. The molecule has 1 aliphatic rings. The smallest absolute Gasteiger partial charge is 0.344 e. The molecule has 1 heterocycles. The van der Waals surface area contributed by atoms with Gasteiger partial charge in [0, 0.05) is 16.1 Å². The van der Waals surface area contributed by atoms with Crippen molar-refractivity contribution >= 4 is 46.4 Å². The molecule has 0 saturated heterocycles. The third-order valence-electron chi connectivity index (χ3n) is 5.12. The lowest BCUT2D eigenvalue weighted by molar-refractivity contribution is -0.138. The monoisotopic (exact) mass is 519 g/mol. The zero-order valence-corrected chi connectivity index (χ0v) is 20.9. The summed E-state index contributed by atoms with van der Waals surface area (Å²) >= 11 is 7.21. The number of thioether (sulfide) groups is 1. The van der Waals surface area contributed by atoms with Gasteiger partial charge >= 0.3 is 5.97 Å². The van der Waals surface area contributed by atoms with Crippen LogP contribution in [0.5, 0.6) is 5.75 Å². The van der Waals surface area contributed by atoms with Gasteiger partial charge in [-0.15, -0.1) is 0 Å². The van der Waals surface area contributed by atoms with Crippen LogP contribution in [0.2, 0.25) is 5.02 Å². The number of ether oxygens (including phenoxy) is 2. The molecular weight excluding hydrogens is 498 g/mol. The number of amides is 1. The number of benzene rings is 3. The Morgan fingerprint density at radius 1 is 1.00 bits per heavy atom. The van der Waals surface area contributed by atoms with E-state index < -0.39 is 11.9 Å². The first-order valence-corrected chi connectivity index (χ1v) is 12.3. The molecule has 0 radical (unpaired) electrons. The molecule has 0 spiro atoms. The Balaban J connectivity index is 1.55. The topological polar surface area (TPSA) is 85.2 Å². The maximum absolute atomic E-state index is 12.6. The SMILES string of the molecule is CCOC(=O)C1=C(O)/C(=C/c2ccc(OCc3ccccc3Cl)cc2)SC1=NC(=O)c1ccccc1. The van der Waals surface area contributed by atoms with E-state index >= 15 is 0 Å². The van der Waals surface area contributed by atoms with Crippen LogP contribution in [0.15, 0.2) is 100 Å². The van der Waals surface area contributed by atoms with Crippen molar-refractivity contribution in [3.63, 3.8) is 0 Å². The highest BCUT2D eigenvalue weighted by atomic mass is 35.5. The van der Waals surface area contributed by atoms with Gasteiger partial charge in [-0.25, -0.2) is 9.79 Å². The summed E-state index contributed by atoms with van der Waals surface area (Å²) < 4.78 is 10.9. The lowest BCUT2D eigenvalue weighted by Crippen LogP contribution is -2.14. The molecule has 0 atom stereocenters. The highest BCUT2D eigenvalue weighted by Gasteiger charge is 2.33. The standard InChI is InChI=1S/C28H22ClNO5S/c1-2-34-28(33)24-25(31)23(36-27(24)30-26(32)19-8-4-3-5-9-19)16-18-12-14-21(15-13-18)35-17-20-10-6-7-11-22(20)29/h3-16,31H,2,17H2,1H3/b23-16-,30-27?. The molecule has 3 aromatic carbocycles. The Labute approximate surface area is 217 Å². The van der Waals surface area contributed by atoms with Gasteiger partial charge in [0.25, 0.3) is 5.91 Å². The molecule has 36 heavy (non-hydrogen) atoms. The van der Waals surface area contributed by atoms with Crippen LogP contribution in [-0.4, -0.2) is 28.6 Å². The highest BCUT2D eigenvalue weighted by Crippen LogP contribution is 2.39. The summed E-state index contributed by atoms with van der Waals surface area (Å²) in [6.45, 7) is 2.11. The normalized spacial score (nSPS) is 15.4. The third-order valence-corrected chi connectivity index (χ3v) is 6.51. The molecule has 6 nitrogen and oxygen atoms in total. The number of carbonyl (C=O) groups is 2. The fourth-order valence-electron chi connectivity index (χ4n) is 3.32.